The van der Waals surface area contributed by atoms with Gasteiger partial charge >= 0.3 is 0 Å². The molecule has 16 heavy (non-hydrogen) atoms. The average Bonchev–Trinajstić information content (AvgIpc) is 2.69. The number of para-hydroxylation sites is 1. The molecular weight excluding hydrogens is 266 g/mol. The second-order valence-electron chi connectivity index (χ2n) is 4.25. The Morgan fingerprint density at radius 1 is 1.38 bits per heavy atom. The number of nitrogens with zero attached hydrogens (tertiary/aromatic N) is 2. The van der Waals surface area contributed by atoms with Crippen molar-refractivity contribution in [1.82, 2.24) is 15.1 Å². The monoisotopic (exact) mass is 279 g/mol. The maximum atomic E-state index is 4.61. The molecule has 0 radical (unpaired) electrons. The van der Waals surface area contributed by atoms with Gasteiger partial charge in [-0.15, -0.1) is 0 Å². The summed E-state index contributed by atoms with van der Waals surface area (Å²) in [4.78, 5) is 0. The van der Waals surface area contributed by atoms with Gasteiger partial charge in [0.2, 0.25) is 0 Å². The summed E-state index contributed by atoms with van der Waals surface area (Å²) in [7, 11) is 0. The number of benzene rings is 1. The normalized spacial score (nSPS) is 21.4. The van der Waals surface area contributed by atoms with Crippen LogP contribution in [0.5, 0.6) is 0 Å². The standard InChI is InChI=1S/C12H14BrN3/c13-12-10-5-1-2-6-11(10)16(15-12)9-4-3-7-14-8-9/h1-2,5-6,9,14H,3-4,7-8H2/t9-/m1/s1. The molecule has 1 aromatic carbocycles. The highest BCUT2D eigenvalue weighted by Gasteiger charge is 2.18. The Hall–Kier alpha value is -0.870. The summed E-state index contributed by atoms with van der Waals surface area (Å²) >= 11 is 3.53. The molecular formula is C12H14BrN3. The third-order valence-electron chi connectivity index (χ3n) is 3.19. The Bertz CT molecular complexity index is 500. The Balaban J connectivity index is 2.08. The van der Waals surface area contributed by atoms with E-state index in [1.54, 1.807) is 0 Å². The van der Waals surface area contributed by atoms with Crippen LogP contribution in [0.4, 0.5) is 0 Å². The van der Waals surface area contributed by atoms with Gasteiger partial charge in [-0.2, -0.15) is 5.10 Å². The number of hydrogen-bond donors (Lipinski definition) is 1. The third kappa shape index (κ3) is 1.66. The molecule has 0 spiro atoms. The van der Waals surface area contributed by atoms with Crippen molar-refractivity contribution in [3.63, 3.8) is 0 Å². The Morgan fingerprint density at radius 2 is 2.25 bits per heavy atom. The topological polar surface area (TPSA) is 29.9 Å². The fourth-order valence-electron chi connectivity index (χ4n) is 2.37. The number of nitrogens with one attached hydrogen (secondary N) is 1. The highest BCUT2D eigenvalue weighted by molar-refractivity contribution is 9.10. The molecule has 1 aromatic heterocycles. The van der Waals surface area contributed by atoms with E-state index >= 15 is 0 Å². The fourth-order valence-corrected chi connectivity index (χ4v) is 2.88. The van der Waals surface area contributed by atoms with E-state index in [1.165, 1.54) is 23.7 Å². The van der Waals surface area contributed by atoms with Crippen LogP contribution < -0.4 is 5.32 Å². The second-order valence-corrected chi connectivity index (χ2v) is 5.00. The molecule has 84 valence electrons. The second kappa shape index (κ2) is 4.18. The predicted octanol–water partition coefficient (Wildman–Crippen LogP) is 2.72. The van der Waals surface area contributed by atoms with Crippen molar-refractivity contribution in [1.29, 1.82) is 0 Å². The van der Waals surface area contributed by atoms with E-state index in [4.69, 9.17) is 0 Å². The van der Waals surface area contributed by atoms with E-state index in [1.807, 2.05) is 0 Å². The molecule has 3 nitrogen and oxygen atoms in total. The summed E-state index contributed by atoms with van der Waals surface area (Å²) < 4.78 is 3.11. The largest absolute Gasteiger partial charge is 0.315 e. The molecule has 0 bridgehead atoms. The van der Waals surface area contributed by atoms with Crippen molar-refractivity contribution in [2.75, 3.05) is 13.1 Å². The quantitative estimate of drug-likeness (QED) is 0.870. The van der Waals surface area contributed by atoms with Gasteiger partial charge in [-0.05, 0) is 41.4 Å². The van der Waals surface area contributed by atoms with Gasteiger partial charge in [-0.1, -0.05) is 18.2 Å². The predicted molar refractivity (Wildman–Crippen MR) is 68.6 cm³/mol. The molecule has 2 heterocycles. The van der Waals surface area contributed by atoms with Gasteiger partial charge in [0.25, 0.3) is 0 Å². The summed E-state index contributed by atoms with van der Waals surface area (Å²) in [5.41, 5.74) is 1.23. The molecule has 0 unspecified atom stereocenters. The van der Waals surface area contributed by atoms with Gasteiger partial charge in [0.1, 0.15) is 4.60 Å². The molecule has 1 atom stereocenters. The molecule has 1 N–H and O–H groups in total. The molecule has 1 aliphatic heterocycles. The molecule has 0 aliphatic carbocycles. The lowest BCUT2D eigenvalue weighted by atomic mass is 10.1. The SMILES string of the molecule is Brc1nn([C@@H]2CCCNC2)c2ccccc12. The molecule has 1 fully saturated rings. The molecule has 3 rings (SSSR count). The van der Waals surface area contributed by atoms with Crippen molar-refractivity contribution in [2.45, 2.75) is 18.9 Å². The number of piperidine rings is 1. The van der Waals surface area contributed by atoms with Crippen molar-refractivity contribution in [2.24, 2.45) is 0 Å². The fraction of sp³-hybridized carbons (Fsp3) is 0.417. The van der Waals surface area contributed by atoms with Crippen LogP contribution in [-0.2, 0) is 0 Å². The minimum atomic E-state index is 0.491. The summed E-state index contributed by atoms with van der Waals surface area (Å²) in [6.45, 7) is 2.16. The van der Waals surface area contributed by atoms with E-state index < -0.39 is 0 Å². The number of fused-ring (bicyclic) bond motifs is 1. The third-order valence-corrected chi connectivity index (χ3v) is 3.77. The van der Waals surface area contributed by atoms with Crippen LogP contribution in [0, 0.1) is 0 Å². The van der Waals surface area contributed by atoms with Crippen LogP contribution >= 0.6 is 15.9 Å². The van der Waals surface area contributed by atoms with Crippen LogP contribution in [0.25, 0.3) is 10.9 Å². The van der Waals surface area contributed by atoms with Gasteiger partial charge in [0.05, 0.1) is 11.6 Å². The number of hydrogen-bond acceptors (Lipinski definition) is 2. The smallest absolute Gasteiger partial charge is 0.136 e. The van der Waals surface area contributed by atoms with Crippen LogP contribution in [0.3, 0.4) is 0 Å². The van der Waals surface area contributed by atoms with Gasteiger partial charge in [0.15, 0.2) is 0 Å². The minimum Gasteiger partial charge on any atom is -0.315 e. The average molecular weight is 280 g/mol. The van der Waals surface area contributed by atoms with Crippen LogP contribution in [0.15, 0.2) is 28.9 Å². The van der Waals surface area contributed by atoms with E-state index in [0.717, 1.165) is 17.7 Å². The number of halogens is 1. The van der Waals surface area contributed by atoms with Crippen molar-refractivity contribution < 1.29 is 0 Å². The zero-order valence-electron chi connectivity index (χ0n) is 8.99. The van der Waals surface area contributed by atoms with Gasteiger partial charge in [0, 0.05) is 11.9 Å². The molecule has 0 saturated carbocycles. The summed E-state index contributed by atoms with van der Waals surface area (Å²) in [6.07, 6.45) is 2.45. The van der Waals surface area contributed by atoms with E-state index in [2.05, 4.69) is 55.3 Å². The summed E-state index contributed by atoms with van der Waals surface area (Å²) in [5, 5.41) is 9.24. The van der Waals surface area contributed by atoms with Crippen molar-refractivity contribution in [3.8, 4) is 0 Å². The van der Waals surface area contributed by atoms with E-state index in [0.29, 0.717) is 6.04 Å². The lowest BCUT2D eigenvalue weighted by molar-refractivity contribution is 0.354. The first kappa shape index (κ1) is 10.3. The number of rotatable bonds is 1. The summed E-state index contributed by atoms with van der Waals surface area (Å²) in [5.74, 6) is 0. The maximum Gasteiger partial charge on any atom is 0.136 e. The lowest BCUT2D eigenvalue weighted by Crippen LogP contribution is -2.32. The zero-order valence-corrected chi connectivity index (χ0v) is 10.6. The van der Waals surface area contributed by atoms with Gasteiger partial charge in [-0.3, -0.25) is 4.68 Å². The summed E-state index contributed by atoms with van der Waals surface area (Å²) in [6, 6.07) is 8.87. The lowest BCUT2D eigenvalue weighted by Gasteiger charge is -2.23. The van der Waals surface area contributed by atoms with Gasteiger partial charge in [-0.25, -0.2) is 0 Å². The number of aromatic nitrogens is 2. The van der Waals surface area contributed by atoms with Crippen LogP contribution in [0.1, 0.15) is 18.9 Å². The first-order valence-corrected chi connectivity index (χ1v) is 6.49. The van der Waals surface area contributed by atoms with Crippen molar-refractivity contribution in [3.05, 3.63) is 28.9 Å². The van der Waals surface area contributed by atoms with E-state index in [-0.39, 0.29) is 0 Å². The Morgan fingerprint density at radius 3 is 3.06 bits per heavy atom. The van der Waals surface area contributed by atoms with Gasteiger partial charge < -0.3 is 5.32 Å². The minimum absolute atomic E-state index is 0.491. The van der Waals surface area contributed by atoms with Crippen molar-refractivity contribution >= 4 is 26.8 Å². The molecule has 1 aliphatic rings. The maximum absolute atomic E-state index is 4.61. The molecule has 4 heteroatoms. The Kier molecular flexibility index (Phi) is 2.69. The molecule has 0 amide bonds. The first-order valence-electron chi connectivity index (χ1n) is 5.70. The zero-order chi connectivity index (χ0) is 11.0. The molecule has 1 saturated heterocycles. The first-order chi connectivity index (χ1) is 7.86. The highest BCUT2D eigenvalue weighted by Crippen LogP contribution is 2.27. The highest BCUT2D eigenvalue weighted by atomic mass is 79.9. The van der Waals surface area contributed by atoms with Crippen LogP contribution in [0.2, 0.25) is 0 Å². The van der Waals surface area contributed by atoms with E-state index in [9.17, 15) is 0 Å². The Labute approximate surface area is 103 Å². The molecule has 2 aromatic rings. The van der Waals surface area contributed by atoms with Crippen LogP contribution in [-0.4, -0.2) is 22.9 Å².